The SMILES string of the molecule is N#Cc1ccc(NCc2nnc3n2CCCCC3)c(Br)c1. The van der Waals surface area contributed by atoms with Gasteiger partial charge in [0.05, 0.1) is 18.2 Å². The summed E-state index contributed by atoms with van der Waals surface area (Å²) in [5.41, 5.74) is 1.60. The minimum absolute atomic E-state index is 0.636. The first-order valence-corrected chi connectivity index (χ1v) is 7.91. The molecular weight excluding hydrogens is 330 g/mol. The van der Waals surface area contributed by atoms with Crippen molar-refractivity contribution in [3.63, 3.8) is 0 Å². The Labute approximate surface area is 132 Å². The van der Waals surface area contributed by atoms with Crippen LogP contribution >= 0.6 is 15.9 Å². The van der Waals surface area contributed by atoms with Crippen LogP contribution in [0.4, 0.5) is 5.69 Å². The van der Waals surface area contributed by atoms with Crippen molar-refractivity contribution in [2.45, 2.75) is 38.8 Å². The third kappa shape index (κ3) is 3.08. The molecule has 1 aromatic carbocycles. The van der Waals surface area contributed by atoms with E-state index in [0.29, 0.717) is 12.1 Å². The molecule has 0 amide bonds. The van der Waals surface area contributed by atoms with Gasteiger partial charge in [0.1, 0.15) is 5.82 Å². The molecule has 0 saturated carbocycles. The fourth-order valence-electron chi connectivity index (χ4n) is 2.58. The van der Waals surface area contributed by atoms with Crippen LogP contribution in [0.1, 0.15) is 36.5 Å². The van der Waals surface area contributed by atoms with Gasteiger partial charge in [-0.25, -0.2) is 0 Å². The van der Waals surface area contributed by atoms with Crippen LogP contribution in [0, 0.1) is 11.3 Å². The zero-order chi connectivity index (χ0) is 14.7. The van der Waals surface area contributed by atoms with Crippen LogP contribution in [0.15, 0.2) is 22.7 Å². The zero-order valence-corrected chi connectivity index (χ0v) is 13.2. The monoisotopic (exact) mass is 345 g/mol. The predicted octanol–water partition coefficient (Wildman–Crippen LogP) is 3.25. The molecule has 21 heavy (non-hydrogen) atoms. The molecule has 2 heterocycles. The number of halogens is 1. The highest BCUT2D eigenvalue weighted by Gasteiger charge is 2.14. The molecule has 108 valence electrons. The van der Waals surface area contributed by atoms with Gasteiger partial charge in [0, 0.05) is 23.1 Å². The topological polar surface area (TPSA) is 66.5 Å². The predicted molar refractivity (Wildman–Crippen MR) is 83.8 cm³/mol. The van der Waals surface area contributed by atoms with E-state index in [0.717, 1.165) is 34.8 Å². The Morgan fingerprint density at radius 3 is 3.00 bits per heavy atom. The van der Waals surface area contributed by atoms with E-state index >= 15 is 0 Å². The summed E-state index contributed by atoms with van der Waals surface area (Å²) in [5, 5.41) is 20.8. The van der Waals surface area contributed by atoms with Gasteiger partial charge in [-0.2, -0.15) is 5.26 Å². The summed E-state index contributed by atoms with van der Waals surface area (Å²) >= 11 is 3.48. The molecule has 3 rings (SSSR count). The second kappa shape index (κ2) is 6.27. The van der Waals surface area contributed by atoms with Crippen molar-refractivity contribution in [1.82, 2.24) is 14.8 Å². The maximum Gasteiger partial charge on any atom is 0.152 e. The lowest BCUT2D eigenvalue weighted by Gasteiger charge is -2.10. The van der Waals surface area contributed by atoms with Crippen LogP contribution in [0.3, 0.4) is 0 Å². The zero-order valence-electron chi connectivity index (χ0n) is 11.6. The summed E-state index contributed by atoms with van der Waals surface area (Å²) in [6.45, 7) is 1.64. The number of aryl methyl sites for hydroxylation is 1. The number of aromatic nitrogens is 3. The average Bonchev–Trinajstić information content (AvgIpc) is 2.73. The molecule has 6 heteroatoms. The summed E-state index contributed by atoms with van der Waals surface area (Å²) in [6.07, 6.45) is 4.68. The average molecular weight is 346 g/mol. The first-order chi connectivity index (χ1) is 10.3. The summed E-state index contributed by atoms with van der Waals surface area (Å²) in [5.74, 6) is 2.08. The van der Waals surface area contributed by atoms with Crippen molar-refractivity contribution >= 4 is 21.6 Å². The highest BCUT2D eigenvalue weighted by atomic mass is 79.9. The number of nitriles is 1. The van der Waals surface area contributed by atoms with E-state index in [1.165, 1.54) is 19.3 Å². The van der Waals surface area contributed by atoms with Crippen LogP contribution < -0.4 is 5.32 Å². The van der Waals surface area contributed by atoms with Gasteiger partial charge < -0.3 is 9.88 Å². The Balaban J connectivity index is 1.74. The minimum atomic E-state index is 0.636. The first-order valence-electron chi connectivity index (χ1n) is 7.12. The van der Waals surface area contributed by atoms with Gasteiger partial charge in [-0.05, 0) is 47.0 Å². The Morgan fingerprint density at radius 1 is 1.29 bits per heavy atom. The number of rotatable bonds is 3. The normalized spacial score (nSPS) is 14.1. The maximum absolute atomic E-state index is 8.88. The number of nitrogens with one attached hydrogen (secondary N) is 1. The van der Waals surface area contributed by atoms with Crippen molar-refractivity contribution < 1.29 is 0 Å². The third-order valence-electron chi connectivity index (χ3n) is 3.72. The molecule has 1 aliphatic rings. The lowest BCUT2D eigenvalue weighted by atomic mass is 10.2. The van der Waals surface area contributed by atoms with Crippen molar-refractivity contribution in [1.29, 1.82) is 5.26 Å². The lowest BCUT2D eigenvalue weighted by Crippen LogP contribution is -2.10. The summed E-state index contributed by atoms with van der Waals surface area (Å²) < 4.78 is 3.12. The molecule has 1 aliphatic heterocycles. The molecule has 0 unspecified atom stereocenters. The molecule has 0 radical (unpaired) electrons. The van der Waals surface area contributed by atoms with E-state index < -0.39 is 0 Å². The highest BCUT2D eigenvalue weighted by molar-refractivity contribution is 9.10. The molecule has 2 aromatic rings. The van der Waals surface area contributed by atoms with Gasteiger partial charge in [-0.3, -0.25) is 0 Å². The van der Waals surface area contributed by atoms with Gasteiger partial charge in [0.25, 0.3) is 0 Å². The first kappa shape index (κ1) is 14.1. The Morgan fingerprint density at radius 2 is 2.19 bits per heavy atom. The molecule has 0 aliphatic carbocycles. The number of nitrogens with zero attached hydrogens (tertiary/aromatic N) is 4. The molecule has 0 bridgehead atoms. The second-order valence-corrected chi connectivity index (χ2v) is 6.01. The Hall–Kier alpha value is -1.87. The number of benzene rings is 1. The standard InChI is InChI=1S/C15H16BrN5/c16-12-8-11(9-17)5-6-13(12)18-10-15-20-19-14-4-2-1-3-7-21(14)15/h5-6,8,18H,1-4,7,10H2. The summed E-state index contributed by atoms with van der Waals surface area (Å²) in [6, 6.07) is 7.65. The molecule has 1 N–H and O–H groups in total. The van der Waals surface area contributed by atoms with Gasteiger partial charge in [0.15, 0.2) is 5.82 Å². The van der Waals surface area contributed by atoms with E-state index in [1.807, 2.05) is 12.1 Å². The lowest BCUT2D eigenvalue weighted by molar-refractivity contribution is 0.610. The van der Waals surface area contributed by atoms with Crippen molar-refractivity contribution in [2.75, 3.05) is 5.32 Å². The molecular formula is C15H16BrN5. The minimum Gasteiger partial charge on any atom is -0.377 e. The Bertz CT molecular complexity index is 686. The molecule has 0 saturated heterocycles. The smallest absolute Gasteiger partial charge is 0.152 e. The van der Waals surface area contributed by atoms with Crippen molar-refractivity contribution in [3.8, 4) is 6.07 Å². The van der Waals surface area contributed by atoms with Crippen LogP contribution in [0.2, 0.25) is 0 Å². The fraction of sp³-hybridized carbons (Fsp3) is 0.400. The van der Waals surface area contributed by atoms with E-state index in [4.69, 9.17) is 5.26 Å². The number of fused-ring (bicyclic) bond motifs is 1. The van der Waals surface area contributed by atoms with Gasteiger partial charge in [-0.15, -0.1) is 10.2 Å². The number of hydrogen-bond donors (Lipinski definition) is 1. The van der Waals surface area contributed by atoms with E-state index in [2.05, 4.69) is 42.1 Å². The number of anilines is 1. The maximum atomic E-state index is 8.88. The van der Waals surface area contributed by atoms with E-state index in [9.17, 15) is 0 Å². The van der Waals surface area contributed by atoms with Gasteiger partial charge in [0.2, 0.25) is 0 Å². The van der Waals surface area contributed by atoms with Gasteiger partial charge in [-0.1, -0.05) is 6.42 Å². The van der Waals surface area contributed by atoms with Gasteiger partial charge >= 0.3 is 0 Å². The molecule has 0 atom stereocenters. The summed E-state index contributed by atoms with van der Waals surface area (Å²) in [4.78, 5) is 0. The number of hydrogen-bond acceptors (Lipinski definition) is 4. The third-order valence-corrected chi connectivity index (χ3v) is 4.38. The molecule has 0 spiro atoms. The van der Waals surface area contributed by atoms with Crippen LogP contribution in [-0.4, -0.2) is 14.8 Å². The second-order valence-electron chi connectivity index (χ2n) is 5.15. The molecule has 1 aromatic heterocycles. The summed E-state index contributed by atoms with van der Waals surface area (Å²) in [7, 11) is 0. The van der Waals surface area contributed by atoms with E-state index in [-0.39, 0.29) is 0 Å². The largest absolute Gasteiger partial charge is 0.377 e. The fourth-order valence-corrected chi connectivity index (χ4v) is 3.10. The van der Waals surface area contributed by atoms with Crippen LogP contribution in [-0.2, 0) is 19.5 Å². The van der Waals surface area contributed by atoms with Crippen LogP contribution in [0.5, 0.6) is 0 Å². The Kier molecular flexibility index (Phi) is 4.20. The van der Waals surface area contributed by atoms with Crippen molar-refractivity contribution in [3.05, 3.63) is 39.9 Å². The van der Waals surface area contributed by atoms with Crippen molar-refractivity contribution in [2.24, 2.45) is 0 Å². The van der Waals surface area contributed by atoms with E-state index in [1.54, 1.807) is 6.07 Å². The highest BCUT2D eigenvalue weighted by Crippen LogP contribution is 2.24. The molecule has 5 nitrogen and oxygen atoms in total. The molecule has 0 fully saturated rings. The quantitative estimate of drug-likeness (QED) is 0.927. The van der Waals surface area contributed by atoms with Crippen LogP contribution in [0.25, 0.3) is 0 Å².